The molecule has 0 saturated carbocycles. The van der Waals surface area contributed by atoms with Crippen molar-refractivity contribution in [3.63, 3.8) is 0 Å². The van der Waals surface area contributed by atoms with Gasteiger partial charge < -0.3 is 10.6 Å². The van der Waals surface area contributed by atoms with Gasteiger partial charge in [-0.15, -0.1) is 0 Å². The summed E-state index contributed by atoms with van der Waals surface area (Å²) in [7, 11) is 0. The van der Waals surface area contributed by atoms with Gasteiger partial charge in [0, 0.05) is 11.5 Å². The Morgan fingerprint density at radius 3 is 1.80 bits per heavy atom. The predicted molar refractivity (Wildman–Crippen MR) is 60.3 cm³/mol. The normalized spacial score (nSPS) is 13.5. The van der Waals surface area contributed by atoms with E-state index in [0.717, 1.165) is 0 Å². The van der Waals surface area contributed by atoms with Crippen molar-refractivity contribution in [1.29, 1.82) is 0 Å². The van der Waals surface area contributed by atoms with Gasteiger partial charge in [0.25, 0.3) is 0 Å². The average Bonchev–Trinajstić information content (AvgIpc) is 2.00. The summed E-state index contributed by atoms with van der Waals surface area (Å²) in [6.07, 6.45) is 0. The second-order valence-electron chi connectivity index (χ2n) is 5.11. The highest BCUT2D eigenvalue weighted by molar-refractivity contribution is 5.89. The first-order valence-corrected chi connectivity index (χ1v) is 5.26. The summed E-state index contributed by atoms with van der Waals surface area (Å²) in [5.74, 6) is -0.267. The third-order valence-electron chi connectivity index (χ3n) is 1.85. The Labute approximate surface area is 91.8 Å². The summed E-state index contributed by atoms with van der Waals surface area (Å²) in [4.78, 5) is 23.1. The van der Waals surface area contributed by atoms with Crippen molar-refractivity contribution in [1.82, 2.24) is 10.6 Å². The molecule has 0 aliphatic rings. The van der Waals surface area contributed by atoms with E-state index in [1.807, 2.05) is 34.6 Å². The topological polar surface area (TPSA) is 58.2 Å². The number of hydrogen-bond acceptors (Lipinski definition) is 2. The molecule has 0 spiro atoms. The Bertz CT molecular complexity index is 241. The van der Waals surface area contributed by atoms with E-state index in [9.17, 15) is 9.59 Å². The molecule has 0 fully saturated rings. The minimum absolute atomic E-state index is 0.0893. The van der Waals surface area contributed by atoms with Crippen LogP contribution in [-0.4, -0.2) is 23.9 Å². The largest absolute Gasteiger partial charge is 0.352 e. The molecule has 0 rings (SSSR count). The average molecular weight is 214 g/mol. The highest BCUT2D eigenvalue weighted by Crippen LogP contribution is 2.12. The molecular weight excluding hydrogens is 192 g/mol. The van der Waals surface area contributed by atoms with Gasteiger partial charge in [0.2, 0.25) is 11.8 Å². The fourth-order valence-corrected chi connectivity index (χ4v) is 0.888. The number of rotatable bonds is 3. The predicted octanol–water partition coefficient (Wildman–Crippen LogP) is 1.06. The molecule has 0 aliphatic heterocycles. The fourth-order valence-electron chi connectivity index (χ4n) is 0.888. The summed E-state index contributed by atoms with van der Waals surface area (Å²) < 4.78 is 0. The molecule has 4 nitrogen and oxygen atoms in total. The number of carbonyl (C=O) groups is 2. The maximum Gasteiger partial charge on any atom is 0.242 e. The third kappa shape index (κ3) is 5.40. The van der Waals surface area contributed by atoms with Gasteiger partial charge in [-0.2, -0.15) is 0 Å². The summed E-state index contributed by atoms with van der Waals surface area (Å²) in [6, 6.07) is -0.398. The fraction of sp³-hybridized carbons (Fsp3) is 0.818. The van der Waals surface area contributed by atoms with Gasteiger partial charge in [0.15, 0.2) is 0 Å². The zero-order valence-electron chi connectivity index (χ0n) is 10.5. The highest BCUT2D eigenvalue weighted by Gasteiger charge is 2.24. The molecule has 2 N–H and O–H groups in total. The van der Waals surface area contributed by atoms with Crippen LogP contribution in [0.4, 0.5) is 0 Å². The molecule has 0 aromatic rings. The maximum absolute atomic E-state index is 11.6. The van der Waals surface area contributed by atoms with Crippen molar-refractivity contribution in [2.75, 3.05) is 0 Å². The van der Waals surface area contributed by atoms with E-state index in [-0.39, 0.29) is 17.9 Å². The molecule has 0 aromatic heterocycles. The van der Waals surface area contributed by atoms with E-state index in [4.69, 9.17) is 0 Å². The highest BCUT2D eigenvalue weighted by atomic mass is 16.2. The van der Waals surface area contributed by atoms with E-state index >= 15 is 0 Å². The standard InChI is InChI=1S/C11H22N2O2/c1-7(2)12-9(14)8(3)13-10(15)11(4,5)6/h7-8H,1-6H3,(H,12,14)(H,13,15). The third-order valence-corrected chi connectivity index (χ3v) is 1.85. The van der Waals surface area contributed by atoms with Crippen LogP contribution in [0.5, 0.6) is 0 Å². The number of nitrogens with one attached hydrogen (secondary N) is 2. The lowest BCUT2D eigenvalue weighted by atomic mass is 9.95. The second-order valence-corrected chi connectivity index (χ2v) is 5.11. The molecule has 15 heavy (non-hydrogen) atoms. The summed E-state index contributed by atoms with van der Waals surface area (Å²) in [6.45, 7) is 10.9. The second kappa shape index (κ2) is 5.14. The van der Waals surface area contributed by atoms with E-state index < -0.39 is 11.5 Å². The summed E-state index contributed by atoms with van der Waals surface area (Å²) in [5, 5.41) is 5.42. The lowest BCUT2D eigenvalue weighted by Crippen LogP contribution is -2.49. The smallest absolute Gasteiger partial charge is 0.242 e. The minimum Gasteiger partial charge on any atom is -0.352 e. The van der Waals surface area contributed by atoms with Crippen LogP contribution in [0.15, 0.2) is 0 Å². The Morgan fingerprint density at radius 2 is 1.47 bits per heavy atom. The quantitative estimate of drug-likeness (QED) is 0.738. The van der Waals surface area contributed by atoms with Gasteiger partial charge in [-0.05, 0) is 20.8 Å². The number of carbonyl (C=O) groups excluding carboxylic acids is 2. The van der Waals surface area contributed by atoms with Gasteiger partial charge >= 0.3 is 0 Å². The van der Waals surface area contributed by atoms with E-state index in [0.29, 0.717) is 0 Å². The lowest BCUT2D eigenvalue weighted by molar-refractivity contribution is -0.133. The molecule has 0 aromatic carbocycles. The van der Waals surface area contributed by atoms with Gasteiger partial charge in [0.05, 0.1) is 0 Å². The first kappa shape index (κ1) is 13.9. The molecule has 0 bridgehead atoms. The SMILES string of the molecule is CC(C)NC(=O)C(C)NC(=O)C(C)(C)C. The molecule has 1 atom stereocenters. The van der Waals surface area contributed by atoms with Crippen LogP contribution in [0.25, 0.3) is 0 Å². The Balaban J connectivity index is 4.20. The maximum atomic E-state index is 11.6. The van der Waals surface area contributed by atoms with E-state index in [1.54, 1.807) is 6.92 Å². The Hall–Kier alpha value is -1.06. The van der Waals surface area contributed by atoms with Crippen molar-refractivity contribution in [3.8, 4) is 0 Å². The first-order chi connectivity index (χ1) is 6.64. The van der Waals surface area contributed by atoms with Crippen LogP contribution < -0.4 is 10.6 Å². The van der Waals surface area contributed by atoms with Crippen molar-refractivity contribution in [3.05, 3.63) is 0 Å². The zero-order chi connectivity index (χ0) is 12.2. The molecule has 1 unspecified atom stereocenters. The van der Waals surface area contributed by atoms with Crippen molar-refractivity contribution >= 4 is 11.8 Å². The van der Waals surface area contributed by atoms with Crippen LogP contribution in [0, 0.1) is 5.41 Å². The molecule has 0 heterocycles. The number of hydrogen-bond donors (Lipinski definition) is 2. The first-order valence-electron chi connectivity index (χ1n) is 5.26. The van der Waals surface area contributed by atoms with Crippen LogP contribution in [0.3, 0.4) is 0 Å². The summed E-state index contributed by atoms with van der Waals surface area (Å²) >= 11 is 0. The summed E-state index contributed by atoms with van der Waals surface area (Å²) in [5.41, 5.74) is -0.466. The lowest BCUT2D eigenvalue weighted by Gasteiger charge is -2.22. The molecule has 88 valence electrons. The van der Waals surface area contributed by atoms with E-state index in [1.165, 1.54) is 0 Å². The molecule has 0 radical (unpaired) electrons. The minimum atomic E-state index is -0.487. The van der Waals surface area contributed by atoms with E-state index in [2.05, 4.69) is 10.6 Å². The molecule has 0 aliphatic carbocycles. The Morgan fingerprint density at radius 1 is 1.00 bits per heavy atom. The van der Waals surface area contributed by atoms with Gasteiger partial charge in [0.1, 0.15) is 6.04 Å². The van der Waals surface area contributed by atoms with Crippen LogP contribution in [-0.2, 0) is 9.59 Å². The number of amides is 2. The van der Waals surface area contributed by atoms with Crippen LogP contribution in [0.1, 0.15) is 41.5 Å². The monoisotopic (exact) mass is 214 g/mol. The van der Waals surface area contributed by atoms with Crippen molar-refractivity contribution in [2.45, 2.75) is 53.6 Å². The van der Waals surface area contributed by atoms with Crippen LogP contribution >= 0.6 is 0 Å². The van der Waals surface area contributed by atoms with Crippen molar-refractivity contribution < 1.29 is 9.59 Å². The van der Waals surface area contributed by atoms with Gasteiger partial charge in [-0.25, -0.2) is 0 Å². The molecular formula is C11H22N2O2. The Kier molecular flexibility index (Phi) is 4.78. The molecule has 0 saturated heterocycles. The van der Waals surface area contributed by atoms with Gasteiger partial charge in [-0.1, -0.05) is 20.8 Å². The zero-order valence-corrected chi connectivity index (χ0v) is 10.5. The van der Waals surface area contributed by atoms with Crippen molar-refractivity contribution in [2.24, 2.45) is 5.41 Å². The molecule has 4 heteroatoms. The molecule has 2 amide bonds. The van der Waals surface area contributed by atoms with Crippen LogP contribution in [0.2, 0.25) is 0 Å². The van der Waals surface area contributed by atoms with Gasteiger partial charge in [-0.3, -0.25) is 9.59 Å².